The highest BCUT2D eigenvalue weighted by Gasteiger charge is 2.39. The molecule has 0 aromatic rings. The van der Waals surface area contributed by atoms with Gasteiger partial charge in [-0.15, -0.1) is 9.81 Å². The van der Waals surface area contributed by atoms with Crippen LogP contribution in [0.3, 0.4) is 0 Å². The van der Waals surface area contributed by atoms with Gasteiger partial charge in [-0.3, -0.25) is 0 Å². The topological polar surface area (TPSA) is 58.9 Å². The lowest BCUT2D eigenvalue weighted by Gasteiger charge is -2.43. The van der Waals surface area contributed by atoms with Crippen LogP contribution in [-0.4, -0.2) is 0 Å². The lowest BCUT2D eigenvalue weighted by Crippen LogP contribution is -2.31. The molecular formula is C22H28N2O2. The second-order valence-corrected chi connectivity index (χ2v) is 7.16. The fourth-order valence-corrected chi connectivity index (χ4v) is 4.22. The molecule has 4 nitrogen and oxygen atoms in total. The maximum Gasteiger partial charge on any atom is 0.104 e. The van der Waals surface area contributed by atoms with Gasteiger partial charge in [0, 0.05) is 5.41 Å². The van der Waals surface area contributed by atoms with E-state index in [0.29, 0.717) is 18.0 Å². The Bertz CT molecular complexity index is 682. The van der Waals surface area contributed by atoms with Gasteiger partial charge in [0.15, 0.2) is 0 Å². The summed E-state index contributed by atoms with van der Waals surface area (Å²) in [6, 6.07) is 0. The maximum atomic E-state index is 11.0. The highest BCUT2D eigenvalue weighted by atomic mass is 16.3. The number of allylic oxidation sites excluding steroid dienone is 9. The molecule has 0 unspecified atom stereocenters. The zero-order valence-electron chi connectivity index (χ0n) is 15.6. The van der Waals surface area contributed by atoms with Gasteiger partial charge in [0.1, 0.15) is 5.70 Å². The Morgan fingerprint density at radius 1 is 1.31 bits per heavy atom. The molecule has 2 aliphatic rings. The molecule has 26 heavy (non-hydrogen) atoms. The van der Waals surface area contributed by atoms with Gasteiger partial charge < -0.3 is 0 Å². The number of hydrogen-bond donors (Lipinski definition) is 0. The Hall–Kier alpha value is -2.36. The first-order chi connectivity index (χ1) is 12.7. The van der Waals surface area contributed by atoms with E-state index in [0.717, 1.165) is 32.1 Å². The van der Waals surface area contributed by atoms with E-state index in [1.807, 2.05) is 18.2 Å². The minimum atomic E-state index is -0.0936. The van der Waals surface area contributed by atoms with Gasteiger partial charge in [-0.2, -0.15) is 0 Å². The monoisotopic (exact) mass is 352 g/mol. The molecule has 0 radical (unpaired) electrons. The van der Waals surface area contributed by atoms with Crippen molar-refractivity contribution >= 4 is 0 Å². The molecule has 1 fully saturated rings. The minimum absolute atomic E-state index is 0.0936. The maximum absolute atomic E-state index is 11.0. The van der Waals surface area contributed by atoms with Crippen LogP contribution in [0.5, 0.6) is 0 Å². The summed E-state index contributed by atoms with van der Waals surface area (Å²) >= 11 is 0. The Kier molecular flexibility index (Phi) is 7.64. The lowest BCUT2D eigenvalue weighted by molar-refractivity contribution is 0.235. The van der Waals surface area contributed by atoms with E-state index in [1.165, 1.54) is 23.8 Å². The lowest BCUT2D eigenvalue weighted by atomic mass is 9.61. The summed E-state index contributed by atoms with van der Waals surface area (Å²) in [7, 11) is 0. The predicted octanol–water partition coefficient (Wildman–Crippen LogP) is 6.89. The van der Waals surface area contributed by atoms with Crippen LogP contribution in [0.25, 0.3) is 0 Å². The van der Waals surface area contributed by atoms with Crippen LogP contribution in [0.2, 0.25) is 0 Å². The molecule has 0 saturated heterocycles. The molecule has 0 amide bonds. The predicted molar refractivity (Wildman–Crippen MR) is 108 cm³/mol. The van der Waals surface area contributed by atoms with Crippen molar-refractivity contribution in [2.24, 2.45) is 21.7 Å². The molecule has 4 heteroatoms. The Morgan fingerprint density at radius 2 is 2.12 bits per heavy atom. The largest absolute Gasteiger partial charge is 0.145 e. The summed E-state index contributed by atoms with van der Waals surface area (Å²) in [5.74, 6) is 0.623. The van der Waals surface area contributed by atoms with E-state index in [4.69, 9.17) is 0 Å². The van der Waals surface area contributed by atoms with Crippen molar-refractivity contribution in [1.29, 1.82) is 0 Å². The molecule has 2 rings (SSSR count). The molecule has 0 aromatic carbocycles. The Labute approximate surface area is 156 Å². The summed E-state index contributed by atoms with van der Waals surface area (Å²) in [5.41, 5.74) is 2.85. The first-order valence-corrected chi connectivity index (χ1v) is 9.39. The van der Waals surface area contributed by atoms with E-state index in [-0.39, 0.29) is 5.41 Å². The quantitative estimate of drug-likeness (QED) is 0.370. The Morgan fingerprint density at radius 3 is 2.81 bits per heavy atom. The van der Waals surface area contributed by atoms with Crippen molar-refractivity contribution in [1.82, 2.24) is 0 Å². The van der Waals surface area contributed by atoms with Gasteiger partial charge in [-0.1, -0.05) is 62.8 Å². The van der Waals surface area contributed by atoms with E-state index in [9.17, 15) is 9.81 Å². The highest BCUT2D eigenvalue weighted by molar-refractivity contribution is 5.44. The summed E-state index contributed by atoms with van der Waals surface area (Å²) in [5, 5.41) is 5.89. The second-order valence-electron chi connectivity index (χ2n) is 7.16. The molecular weight excluding hydrogens is 324 g/mol. The normalized spacial score (nSPS) is 29.3. The molecule has 2 aliphatic carbocycles. The van der Waals surface area contributed by atoms with Crippen LogP contribution >= 0.6 is 0 Å². The van der Waals surface area contributed by atoms with Gasteiger partial charge in [0.05, 0.1) is 6.20 Å². The number of hydrogen-bond acceptors (Lipinski definition) is 4. The van der Waals surface area contributed by atoms with Crippen molar-refractivity contribution in [2.45, 2.75) is 51.9 Å². The van der Waals surface area contributed by atoms with E-state index < -0.39 is 0 Å². The first-order valence-electron chi connectivity index (χ1n) is 9.39. The van der Waals surface area contributed by atoms with Crippen LogP contribution in [-0.2, 0) is 0 Å². The molecule has 0 aromatic heterocycles. The molecule has 138 valence electrons. The van der Waals surface area contributed by atoms with Crippen LogP contribution in [0.1, 0.15) is 51.9 Å². The molecule has 2 atom stereocenters. The minimum Gasteiger partial charge on any atom is -0.145 e. The van der Waals surface area contributed by atoms with Crippen molar-refractivity contribution in [3.63, 3.8) is 0 Å². The summed E-state index contributed by atoms with van der Waals surface area (Å²) in [6.07, 6.45) is 22.1. The summed E-state index contributed by atoms with van der Waals surface area (Å²) < 4.78 is 0. The van der Waals surface area contributed by atoms with Crippen LogP contribution in [0.4, 0.5) is 0 Å². The van der Waals surface area contributed by atoms with E-state index in [2.05, 4.69) is 42.1 Å². The molecule has 0 bridgehead atoms. The molecule has 1 saturated carbocycles. The van der Waals surface area contributed by atoms with Gasteiger partial charge >= 0.3 is 0 Å². The standard InChI is InChI=1S/C22H28N2O2/c1-3-19(10-6-7-16-23-25)22(15-8-9-18(2)17-22)20-11-4-5-12-21(24-26)14-13-20/h3,7,10-14,16,18H,1,4-6,8-9,15,17H2,2H3/b14-13?,16-7-,19-10+,20-11?,21-12+/t18-,22-/m1/s1. The van der Waals surface area contributed by atoms with Gasteiger partial charge in [0.25, 0.3) is 0 Å². The van der Waals surface area contributed by atoms with Crippen LogP contribution in [0, 0.1) is 21.1 Å². The summed E-state index contributed by atoms with van der Waals surface area (Å²) in [4.78, 5) is 21.2. The fourth-order valence-electron chi connectivity index (χ4n) is 4.22. The third-order valence-electron chi connectivity index (χ3n) is 5.39. The van der Waals surface area contributed by atoms with Crippen molar-refractivity contribution in [3.8, 4) is 0 Å². The third kappa shape index (κ3) is 4.84. The molecule has 0 spiro atoms. The van der Waals surface area contributed by atoms with Crippen molar-refractivity contribution in [3.05, 3.63) is 82.0 Å². The zero-order valence-corrected chi connectivity index (χ0v) is 15.6. The van der Waals surface area contributed by atoms with Crippen molar-refractivity contribution < 1.29 is 0 Å². The average Bonchev–Trinajstić information content (AvgIpc) is 2.62. The number of nitrogens with zero attached hydrogens (tertiary/aromatic N) is 2. The number of rotatable bonds is 7. The van der Waals surface area contributed by atoms with Crippen molar-refractivity contribution in [2.75, 3.05) is 0 Å². The van der Waals surface area contributed by atoms with E-state index in [1.54, 1.807) is 6.08 Å². The highest BCUT2D eigenvalue weighted by Crippen LogP contribution is 2.51. The molecule has 0 aliphatic heterocycles. The number of nitroso groups, excluding NO2 is 2. The molecule has 0 N–H and O–H groups in total. The average molecular weight is 352 g/mol. The first kappa shape index (κ1) is 20.0. The van der Waals surface area contributed by atoms with Gasteiger partial charge in [0.2, 0.25) is 0 Å². The van der Waals surface area contributed by atoms with Gasteiger partial charge in [-0.05, 0) is 65.6 Å². The fraction of sp³-hybridized carbons (Fsp3) is 0.455. The second kappa shape index (κ2) is 9.95. The van der Waals surface area contributed by atoms with Crippen LogP contribution < -0.4 is 0 Å². The zero-order chi connectivity index (χ0) is 18.8. The summed E-state index contributed by atoms with van der Waals surface area (Å²) in [6.45, 7) is 6.37. The smallest absolute Gasteiger partial charge is 0.104 e. The van der Waals surface area contributed by atoms with E-state index >= 15 is 0 Å². The SMILES string of the molecule is C=C/C(=C\C/C=C\N=O)[C@@]1(C2=CCC/C=C(/N=O)C=C2)CCC[C@@H](C)C1. The van der Waals surface area contributed by atoms with Crippen LogP contribution in [0.15, 0.2) is 82.5 Å². The molecule has 0 heterocycles. The van der Waals surface area contributed by atoms with Gasteiger partial charge in [-0.25, -0.2) is 0 Å². The Balaban J connectivity index is 2.45. The third-order valence-corrected chi connectivity index (χ3v) is 5.39.